The number of carbonyl (C=O) groups is 2. The van der Waals surface area contributed by atoms with Crippen molar-refractivity contribution >= 4 is 28.9 Å². The number of hydrogen-bond acceptors (Lipinski definition) is 3. The summed E-state index contributed by atoms with van der Waals surface area (Å²) in [5, 5.41) is 5.61. The van der Waals surface area contributed by atoms with Crippen molar-refractivity contribution in [2.45, 2.75) is 18.9 Å². The molecule has 2 aliphatic heterocycles. The number of halogens is 1. The normalized spacial score (nSPS) is 18.6. The zero-order valence-electron chi connectivity index (χ0n) is 12.9. The predicted octanol–water partition coefficient (Wildman–Crippen LogP) is 3.00. The van der Waals surface area contributed by atoms with E-state index in [-0.39, 0.29) is 23.7 Å². The number of carbonyl (C=O) groups excluding carboxylic acids is 2. The third-order valence-electron chi connectivity index (χ3n) is 4.48. The fourth-order valence-electron chi connectivity index (χ4n) is 3.31. The number of nitrogens with zero attached hydrogens (tertiary/aromatic N) is 1. The second-order valence-electron chi connectivity index (χ2n) is 6.03. The van der Waals surface area contributed by atoms with E-state index < -0.39 is 0 Å². The molecule has 2 aliphatic rings. The minimum atomic E-state index is -0.357. The highest BCUT2D eigenvalue weighted by atomic mass is 19.1. The second-order valence-corrected chi connectivity index (χ2v) is 6.03. The largest absolute Gasteiger partial charge is 0.358 e. The standard InChI is InChI=1S/C18H16FN3O2/c19-12-4-6-13(7-5-12)20-17(23)11-3-8-15-14(10-11)21-18(24)16-2-1-9-22(15)16/h3-8,10,16H,1-2,9H2,(H,20,23)(H,21,24)/t16-/m0/s1. The molecule has 5 nitrogen and oxygen atoms in total. The van der Waals surface area contributed by atoms with E-state index in [1.54, 1.807) is 12.1 Å². The maximum atomic E-state index is 12.9. The molecule has 2 aromatic rings. The van der Waals surface area contributed by atoms with Gasteiger partial charge in [0, 0.05) is 17.8 Å². The fourth-order valence-corrected chi connectivity index (χ4v) is 3.31. The van der Waals surface area contributed by atoms with Gasteiger partial charge in [0.25, 0.3) is 5.91 Å². The van der Waals surface area contributed by atoms with Gasteiger partial charge in [-0.25, -0.2) is 4.39 Å². The highest BCUT2D eigenvalue weighted by molar-refractivity contribution is 6.08. The average Bonchev–Trinajstić information content (AvgIpc) is 3.07. The van der Waals surface area contributed by atoms with Gasteiger partial charge in [-0.15, -0.1) is 0 Å². The first kappa shape index (κ1) is 14.7. The molecule has 0 radical (unpaired) electrons. The third-order valence-corrected chi connectivity index (χ3v) is 4.48. The molecule has 2 aromatic carbocycles. The first-order chi connectivity index (χ1) is 11.6. The molecule has 2 heterocycles. The number of nitrogens with one attached hydrogen (secondary N) is 2. The van der Waals surface area contributed by atoms with Crippen molar-refractivity contribution in [3.05, 3.63) is 53.8 Å². The van der Waals surface area contributed by atoms with Gasteiger partial charge in [0.15, 0.2) is 0 Å². The van der Waals surface area contributed by atoms with Crippen LogP contribution in [-0.4, -0.2) is 24.4 Å². The number of hydrogen-bond donors (Lipinski definition) is 2. The quantitative estimate of drug-likeness (QED) is 0.892. The Morgan fingerprint density at radius 3 is 2.79 bits per heavy atom. The Morgan fingerprint density at radius 1 is 1.21 bits per heavy atom. The lowest BCUT2D eigenvalue weighted by Gasteiger charge is -2.33. The summed E-state index contributed by atoms with van der Waals surface area (Å²) in [6.45, 7) is 0.853. The minimum Gasteiger partial charge on any atom is -0.358 e. The van der Waals surface area contributed by atoms with Gasteiger partial charge in [0.05, 0.1) is 11.4 Å². The van der Waals surface area contributed by atoms with Crippen LogP contribution >= 0.6 is 0 Å². The third kappa shape index (κ3) is 2.50. The molecule has 0 bridgehead atoms. The summed E-state index contributed by atoms with van der Waals surface area (Å²) in [5.41, 5.74) is 2.57. The van der Waals surface area contributed by atoms with Crippen molar-refractivity contribution in [1.29, 1.82) is 0 Å². The molecule has 1 atom stereocenters. The first-order valence-electron chi connectivity index (χ1n) is 7.90. The number of anilines is 3. The van der Waals surface area contributed by atoms with Crippen LogP contribution in [0.1, 0.15) is 23.2 Å². The van der Waals surface area contributed by atoms with Crippen LogP contribution in [-0.2, 0) is 4.79 Å². The number of rotatable bonds is 2. The van der Waals surface area contributed by atoms with E-state index in [4.69, 9.17) is 0 Å². The van der Waals surface area contributed by atoms with Crippen molar-refractivity contribution in [2.24, 2.45) is 0 Å². The number of fused-ring (bicyclic) bond motifs is 3. The molecular formula is C18H16FN3O2. The van der Waals surface area contributed by atoms with Crippen LogP contribution in [0.2, 0.25) is 0 Å². The minimum absolute atomic E-state index is 0.0175. The SMILES string of the molecule is O=C(Nc1ccc(F)cc1)c1ccc2c(c1)NC(=O)[C@@H]1CCCN21. The smallest absolute Gasteiger partial charge is 0.255 e. The van der Waals surface area contributed by atoms with E-state index >= 15 is 0 Å². The van der Waals surface area contributed by atoms with E-state index in [0.717, 1.165) is 25.1 Å². The van der Waals surface area contributed by atoms with Gasteiger partial charge in [-0.2, -0.15) is 0 Å². The van der Waals surface area contributed by atoms with Gasteiger partial charge in [-0.1, -0.05) is 0 Å². The van der Waals surface area contributed by atoms with Gasteiger partial charge in [-0.3, -0.25) is 9.59 Å². The second kappa shape index (κ2) is 5.63. The maximum absolute atomic E-state index is 12.9. The molecule has 0 saturated carbocycles. The molecule has 0 spiro atoms. The predicted molar refractivity (Wildman–Crippen MR) is 89.8 cm³/mol. The molecule has 4 rings (SSSR count). The fraction of sp³-hybridized carbons (Fsp3) is 0.222. The van der Waals surface area contributed by atoms with Crippen LogP contribution in [0.5, 0.6) is 0 Å². The van der Waals surface area contributed by atoms with E-state index in [9.17, 15) is 14.0 Å². The molecule has 122 valence electrons. The lowest BCUT2D eigenvalue weighted by molar-refractivity contribution is -0.117. The molecule has 1 fully saturated rings. The van der Waals surface area contributed by atoms with E-state index in [1.165, 1.54) is 24.3 Å². The highest BCUT2D eigenvalue weighted by Crippen LogP contribution is 2.37. The van der Waals surface area contributed by atoms with Crippen molar-refractivity contribution in [3.8, 4) is 0 Å². The Labute approximate surface area is 138 Å². The van der Waals surface area contributed by atoms with Crippen LogP contribution in [0, 0.1) is 5.82 Å². The molecule has 2 amide bonds. The Kier molecular flexibility index (Phi) is 3.45. The lowest BCUT2D eigenvalue weighted by Crippen LogP contribution is -2.43. The lowest BCUT2D eigenvalue weighted by atomic mass is 10.1. The van der Waals surface area contributed by atoms with Crippen molar-refractivity contribution < 1.29 is 14.0 Å². The Hall–Kier alpha value is -2.89. The van der Waals surface area contributed by atoms with Crippen LogP contribution in [0.25, 0.3) is 0 Å². The number of benzene rings is 2. The van der Waals surface area contributed by atoms with Crippen LogP contribution < -0.4 is 15.5 Å². The van der Waals surface area contributed by atoms with E-state index in [0.29, 0.717) is 16.9 Å². The van der Waals surface area contributed by atoms with Crippen LogP contribution in [0.4, 0.5) is 21.5 Å². The van der Waals surface area contributed by atoms with Crippen LogP contribution in [0.15, 0.2) is 42.5 Å². The Bertz CT molecular complexity index is 820. The van der Waals surface area contributed by atoms with Crippen molar-refractivity contribution in [3.63, 3.8) is 0 Å². The molecule has 0 unspecified atom stereocenters. The van der Waals surface area contributed by atoms with Crippen molar-refractivity contribution in [2.75, 3.05) is 22.1 Å². The summed E-state index contributed by atoms with van der Waals surface area (Å²) in [7, 11) is 0. The summed E-state index contributed by atoms with van der Waals surface area (Å²) in [6, 6.07) is 10.8. The molecule has 0 aliphatic carbocycles. The molecule has 1 saturated heterocycles. The van der Waals surface area contributed by atoms with E-state index in [2.05, 4.69) is 15.5 Å². The summed E-state index contributed by atoms with van der Waals surface area (Å²) in [5.74, 6) is -0.678. The zero-order valence-corrected chi connectivity index (χ0v) is 12.9. The maximum Gasteiger partial charge on any atom is 0.255 e. The monoisotopic (exact) mass is 325 g/mol. The highest BCUT2D eigenvalue weighted by Gasteiger charge is 2.36. The van der Waals surface area contributed by atoms with Gasteiger partial charge in [0.1, 0.15) is 11.9 Å². The van der Waals surface area contributed by atoms with Crippen molar-refractivity contribution in [1.82, 2.24) is 0 Å². The van der Waals surface area contributed by atoms with E-state index in [1.807, 2.05) is 6.07 Å². The topological polar surface area (TPSA) is 61.4 Å². The van der Waals surface area contributed by atoms with Gasteiger partial charge in [-0.05, 0) is 55.3 Å². The molecule has 6 heteroatoms. The van der Waals surface area contributed by atoms with Crippen LogP contribution in [0.3, 0.4) is 0 Å². The summed E-state index contributed by atoms with van der Waals surface area (Å²) in [6.07, 6.45) is 1.85. The molecule has 0 aromatic heterocycles. The Balaban J connectivity index is 1.59. The number of amides is 2. The first-order valence-corrected chi connectivity index (χ1v) is 7.90. The average molecular weight is 325 g/mol. The zero-order chi connectivity index (χ0) is 16.7. The molecular weight excluding hydrogens is 309 g/mol. The molecule has 24 heavy (non-hydrogen) atoms. The summed E-state index contributed by atoms with van der Waals surface area (Å²) in [4.78, 5) is 26.6. The summed E-state index contributed by atoms with van der Waals surface area (Å²) < 4.78 is 12.9. The van der Waals surface area contributed by atoms with Gasteiger partial charge >= 0.3 is 0 Å². The Morgan fingerprint density at radius 2 is 2.00 bits per heavy atom. The van der Waals surface area contributed by atoms with Gasteiger partial charge < -0.3 is 15.5 Å². The van der Waals surface area contributed by atoms with Gasteiger partial charge in [0.2, 0.25) is 5.91 Å². The molecule has 2 N–H and O–H groups in total. The summed E-state index contributed by atoms with van der Waals surface area (Å²) >= 11 is 0.